The minimum Gasteiger partial charge on any atom is -0.379 e. The smallest absolute Gasteiger partial charge is 0.0485 e. The Morgan fingerprint density at radius 1 is 1.00 bits per heavy atom. The van der Waals surface area contributed by atoms with Crippen LogP contribution in [0.5, 0.6) is 0 Å². The molecule has 0 bridgehead atoms. The fourth-order valence-corrected chi connectivity index (χ4v) is 2.33. The Kier molecular flexibility index (Phi) is 3.00. The third kappa shape index (κ3) is 2.48. The lowest BCUT2D eigenvalue weighted by Gasteiger charge is -2.16. The molecule has 2 nitrogen and oxygen atoms in total. The summed E-state index contributed by atoms with van der Waals surface area (Å²) in [6.45, 7) is 4.30. The highest BCUT2D eigenvalue weighted by Crippen LogP contribution is 2.23. The second-order valence-corrected chi connectivity index (χ2v) is 5.06. The molecule has 96 valence electrons. The molecule has 0 saturated carbocycles. The summed E-state index contributed by atoms with van der Waals surface area (Å²) in [5, 5.41) is 4.78. The van der Waals surface area contributed by atoms with Crippen LogP contribution in [0.25, 0.3) is 10.9 Å². The van der Waals surface area contributed by atoms with Crippen LogP contribution in [-0.2, 0) is 0 Å². The summed E-state index contributed by atoms with van der Waals surface area (Å²) in [6.07, 6.45) is 1.97. The third-order valence-corrected chi connectivity index (χ3v) is 3.51. The van der Waals surface area contributed by atoms with Crippen LogP contribution < -0.4 is 5.32 Å². The molecule has 19 heavy (non-hydrogen) atoms. The lowest BCUT2D eigenvalue weighted by molar-refractivity contribution is 0.884. The molecule has 2 aromatic carbocycles. The van der Waals surface area contributed by atoms with Gasteiger partial charge in [-0.05, 0) is 43.7 Å². The van der Waals surface area contributed by atoms with Gasteiger partial charge < -0.3 is 10.3 Å². The van der Waals surface area contributed by atoms with Crippen LogP contribution in [0.15, 0.2) is 54.7 Å². The zero-order chi connectivity index (χ0) is 13.2. The molecule has 2 heteroatoms. The number of fused-ring (bicyclic) bond motifs is 1. The molecule has 3 aromatic rings. The Morgan fingerprint density at radius 2 is 1.79 bits per heavy atom. The molecule has 0 saturated heterocycles. The van der Waals surface area contributed by atoms with Crippen LogP contribution in [0.1, 0.15) is 24.1 Å². The molecular formula is C17H18N2. The van der Waals surface area contributed by atoms with Crippen LogP contribution in [0.4, 0.5) is 5.69 Å². The van der Waals surface area contributed by atoms with Crippen molar-refractivity contribution < 1.29 is 0 Å². The molecule has 0 fully saturated rings. The van der Waals surface area contributed by atoms with E-state index >= 15 is 0 Å². The maximum atomic E-state index is 3.55. The van der Waals surface area contributed by atoms with Crippen molar-refractivity contribution in [2.45, 2.75) is 19.9 Å². The molecule has 0 aliphatic heterocycles. The van der Waals surface area contributed by atoms with E-state index in [0.717, 1.165) is 5.69 Å². The first-order valence-corrected chi connectivity index (χ1v) is 6.62. The molecule has 0 spiro atoms. The van der Waals surface area contributed by atoms with Crippen LogP contribution in [0, 0.1) is 6.92 Å². The Morgan fingerprint density at radius 3 is 2.58 bits per heavy atom. The van der Waals surface area contributed by atoms with Crippen molar-refractivity contribution in [2.24, 2.45) is 0 Å². The molecule has 0 aliphatic rings. The number of aromatic amines is 1. The van der Waals surface area contributed by atoms with Crippen molar-refractivity contribution >= 4 is 16.6 Å². The number of aromatic nitrogens is 1. The third-order valence-electron chi connectivity index (χ3n) is 3.51. The summed E-state index contributed by atoms with van der Waals surface area (Å²) in [5.74, 6) is 0. The van der Waals surface area contributed by atoms with Gasteiger partial charge in [-0.3, -0.25) is 0 Å². The van der Waals surface area contributed by atoms with E-state index in [1.54, 1.807) is 0 Å². The van der Waals surface area contributed by atoms with Crippen molar-refractivity contribution in [3.63, 3.8) is 0 Å². The van der Waals surface area contributed by atoms with Gasteiger partial charge in [0.2, 0.25) is 0 Å². The van der Waals surface area contributed by atoms with E-state index in [-0.39, 0.29) is 0 Å². The molecule has 0 aliphatic carbocycles. The monoisotopic (exact) mass is 250 g/mol. The van der Waals surface area contributed by atoms with Crippen LogP contribution >= 0.6 is 0 Å². The molecule has 1 unspecified atom stereocenters. The first-order valence-electron chi connectivity index (χ1n) is 6.62. The molecule has 1 atom stereocenters. The van der Waals surface area contributed by atoms with Gasteiger partial charge in [-0.25, -0.2) is 0 Å². The van der Waals surface area contributed by atoms with E-state index in [0.29, 0.717) is 6.04 Å². The average Bonchev–Trinajstić information content (AvgIpc) is 2.87. The van der Waals surface area contributed by atoms with Gasteiger partial charge in [-0.2, -0.15) is 0 Å². The van der Waals surface area contributed by atoms with Gasteiger partial charge >= 0.3 is 0 Å². The first-order chi connectivity index (χ1) is 9.22. The summed E-state index contributed by atoms with van der Waals surface area (Å²) < 4.78 is 0. The van der Waals surface area contributed by atoms with E-state index in [1.807, 2.05) is 6.20 Å². The fraction of sp³-hybridized carbons (Fsp3) is 0.176. The van der Waals surface area contributed by atoms with Gasteiger partial charge in [0.1, 0.15) is 0 Å². The number of benzene rings is 2. The second-order valence-electron chi connectivity index (χ2n) is 5.06. The Bertz CT molecular complexity index is 680. The zero-order valence-electron chi connectivity index (χ0n) is 11.3. The number of aryl methyl sites for hydroxylation is 1. The Hall–Kier alpha value is -2.22. The molecule has 0 amide bonds. The van der Waals surface area contributed by atoms with Crippen molar-refractivity contribution in [1.82, 2.24) is 4.98 Å². The number of anilines is 1. The molecular weight excluding hydrogens is 232 g/mol. The average molecular weight is 250 g/mol. The maximum Gasteiger partial charge on any atom is 0.0485 e. The molecule has 1 aromatic heterocycles. The van der Waals surface area contributed by atoms with Crippen molar-refractivity contribution in [1.29, 1.82) is 0 Å². The summed E-state index contributed by atoms with van der Waals surface area (Å²) in [7, 11) is 0. The van der Waals surface area contributed by atoms with E-state index in [2.05, 4.69) is 72.7 Å². The lowest BCUT2D eigenvalue weighted by atomic mass is 10.1. The predicted molar refractivity (Wildman–Crippen MR) is 81.5 cm³/mol. The van der Waals surface area contributed by atoms with Gasteiger partial charge in [0, 0.05) is 28.8 Å². The van der Waals surface area contributed by atoms with Gasteiger partial charge in [0.25, 0.3) is 0 Å². The molecule has 2 N–H and O–H groups in total. The normalized spacial score (nSPS) is 12.5. The highest BCUT2D eigenvalue weighted by molar-refractivity contribution is 5.83. The fourth-order valence-electron chi connectivity index (χ4n) is 2.33. The van der Waals surface area contributed by atoms with Gasteiger partial charge in [-0.15, -0.1) is 0 Å². The molecule has 0 radical (unpaired) electrons. The van der Waals surface area contributed by atoms with Crippen LogP contribution in [0.3, 0.4) is 0 Å². The minimum atomic E-state index is 0.303. The van der Waals surface area contributed by atoms with E-state index in [9.17, 15) is 0 Å². The number of H-pyrrole nitrogens is 1. The summed E-state index contributed by atoms with van der Waals surface area (Å²) in [6, 6.07) is 17.5. The van der Waals surface area contributed by atoms with E-state index in [4.69, 9.17) is 0 Å². The summed E-state index contributed by atoms with van der Waals surface area (Å²) >= 11 is 0. The molecule has 3 rings (SSSR count). The Balaban J connectivity index is 1.81. The highest BCUT2D eigenvalue weighted by Gasteiger charge is 2.05. The largest absolute Gasteiger partial charge is 0.379 e. The summed E-state index contributed by atoms with van der Waals surface area (Å²) in [4.78, 5) is 3.21. The van der Waals surface area contributed by atoms with E-state index in [1.165, 1.54) is 22.0 Å². The SMILES string of the molecule is Cc1ccc(C(C)Nc2ccc3[nH]ccc3c2)cc1. The number of nitrogens with one attached hydrogen (secondary N) is 2. The number of hydrogen-bond acceptors (Lipinski definition) is 1. The minimum absolute atomic E-state index is 0.303. The van der Waals surface area contributed by atoms with Gasteiger partial charge in [0.05, 0.1) is 0 Å². The van der Waals surface area contributed by atoms with Crippen molar-refractivity contribution in [2.75, 3.05) is 5.32 Å². The van der Waals surface area contributed by atoms with E-state index < -0.39 is 0 Å². The maximum absolute atomic E-state index is 3.55. The van der Waals surface area contributed by atoms with Gasteiger partial charge in [-0.1, -0.05) is 29.8 Å². The second kappa shape index (κ2) is 4.81. The molecule has 1 heterocycles. The quantitative estimate of drug-likeness (QED) is 0.695. The number of hydrogen-bond donors (Lipinski definition) is 2. The predicted octanol–water partition coefficient (Wildman–Crippen LogP) is 4.65. The van der Waals surface area contributed by atoms with Crippen LogP contribution in [0.2, 0.25) is 0 Å². The highest BCUT2D eigenvalue weighted by atomic mass is 14.9. The Labute approximate surface area is 113 Å². The van der Waals surface area contributed by atoms with Crippen molar-refractivity contribution in [3.8, 4) is 0 Å². The topological polar surface area (TPSA) is 27.8 Å². The van der Waals surface area contributed by atoms with Crippen LogP contribution in [-0.4, -0.2) is 4.98 Å². The van der Waals surface area contributed by atoms with Crippen molar-refractivity contribution in [3.05, 3.63) is 65.9 Å². The standard InChI is InChI=1S/C17H18N2/c1-12-3-5-14(6-4-12)13(2)19-16-7-8-17-15(11-16)9-10-18-17/h3-11,13,18-19H,1-2H3. The summed E-state index contributed by atoms with van der Waals surface area (Å²) in [5.41, 5.74) is 4.93. The first kappa shape index (κ1) is 11.8. The number of rotatable bonds is 3. The zero-order valence-corrected chi connectivity index (χ0v) is 11.3. The lowest BCUT2D eigenvalue weighted by Crippen LogP contribution is -2.06. The van der Waals surface area contributed by atoms with Gasteiger partial charge in [0.15, 0.2) is 0 Å².